The molecule has 0 spiro atoms. The smallest absolute Gasteiger partial charge is 0.271 e. The molecular weight excluding hydrogens is 374 g/mol. The molecule has 0 saturated heterocycles. The highest BCUT2D eigenvalue weighted by Crippen LogP contribution is 2.39. The van der Waals surface area contributed by atoms with Crippen LogP contribution in [0.15, 0.2) is 39.1 Å². The summed E-state index contributed by atoms with van der Waals surface area (Å²) < 4.78 is 0. The van der Waals surface area contributed by atoms with Gasteiger partial charge in [0.2, 0.25) is 0 Å². The van der Waals surface area contributed by atoms with Crippen LogP contribution in [0.2, 0.25) is 0 Å². The van der Waals surface area contributed by atoms with Crippen LogP contribution in [0.1, 0.15) is 35.7 Å². The maximum Gasteiger partial charge on any atom is 0.271 e. The number of nitrogens with one attached hydrogen (secondary N) is 4. The lowest BCUT2D eigenvalue weighted by molar-refractivity contribution is 0.916. The van der Waals surface area contributed by atoms with Gasteiger partial charge in [-0.25, -0.2) is 9.97 Å². The summed E-state index contributed by atoms with van der Waals surface area (Å²) in [6, 6.07) is 7.67. The van der Waals surface area contributed by atoms with Gasteiger partial charge in [0.05, 0.1) is 10.9 Å². The molecule has 5 rings (SSSR count). The Morgan fingerprint density at radius 3 is 2.82 bits per heavy atom. The van der Waals surface area contributed by atoms with Gasteiger partial charge in [-0.3, -0.25) is 20.1 Å². The van der Waals surface area contributed by atoms with Crippen LogP contribution in [0.25, 0.3) is 10.9 Å². The van der Waals surface area contributed by atoms with Crippen molar-refractivity contribution in [1.29, 1.82) is 0 Å². The van der Waals surface area contributed by atoms with Gasteiger partial charge in [-0.2, -0.15) is 5.10 Å². The van der Waals surface area contributed by atoms with Crippen LogP contribution in [0.5, 0.6) is 0 Å². The number of H-pyrrole nitrogens is 3. The zero-order chi connectivity index (χ0) is 19.3. The lowest BCUT2D eigenvalue weighted by Gasteiger charge is -2.10. The Labute approximate surface area is 164 Å². The maximum absolute atomic E-state index is 11.7. The molecule has 0 atom stereocenters. The minimum atomic E-state index is -0.120. The van der Waals surface area contributed by atoms with Crippen LogP contribution in [0.3, 0.4) is 0 Å². The number of aromatic nitrogens is 6. The normalized spacial score (nSPS) is 13.9. The molecule has 0 bridgehead atoms. The second kappa shape index (κ2) is 6.52. The molecule has 142 valence electrons. The topological polar surface area (TPSA) is 115 Å². The lowest BCUT2D eigenvalue weighted by atomic mass is 10.2. The molecule has 3 aromatic heterocycles. The molecule has 1 aromatic carbocycles. The van der Waals surface area contributed by atoms with Crippen molar-refractivity contribution < 1.29 is 0 Å². The van der Waals surface area contributed by atoms with Gasteiger partial charge in [-0.05, 0) is 56.7 Å². The Balaban J connectivity index is 1.43. The summed E-state index contributed by atoms with van der Waals surface area (Å²) in [5, 5.41) is 17.5. The monoisotopic (exact) mass is 393 g/mol. The quantitative estimate of drug-likeness (QED) is 0.384. The van der Waals surface area contributed by atoms with Gasteiger partial charge in [-0.1, -0.05) is 0 Å². The number of nitrogens with zero attached hydrogens (tertiary/aromatic N) is 3. The second-order valence-corrected chi connectivity index (χ2v) is 8.10. The Bertz CT molecular complexity index is 1230. The summed E-state index contributed by atoms with van der Waals surface area (Å²) in [5.41, 5.74) is 3.72. The molecule has 8 nitrogen and oxygen atoms in total. The van der Waals surface area contributed by atoms with E-state index in [4.69, 9.17) is 0 Å². The fraction of sp³-hybridized carbons (Fsp3) is 0.263. The molecule has 0 amide bonds. The number of fused-ring (bicyclic) bond motifs is 1. The van der Waals surface area contributed by atoms with Gasteiger partial charge in [0.1, 0.15) is 5.82 Å². The van der Waals surface area contributed by atoms with Gasteiger partial charge in [0.25, 0.3) is 5.56 Å². The maximum atomic E-state index is 11.7. The highest BCUT2D eigenvalue weighted by molar-refractivity contribution is 7.99. The third-order valence-electron chi connectivity index (χ3n) is 4.99. The van der Waals surface area contributed by atoms with E-state index in [2.05, 4.69) is 41.7 Å². The SMILES string of the molecule is Cc1nc(Sc2ccc3c(=O)[nH][nH]c3c2)nc(Nc2cc(C3CC3)[nH]n2)c1C. The largest absolute Gasteiger partial charge is 0.323 e. The van der Waals surface area contributed by atoms with Crippen molar-refractivity contribution in [2.24, 2.45) is 0 Å². The summed E-state index contributed by atoms with van der Waals surface area (Å²) in [5.74, 6) is 2.14. The average molecular weight is 393 g/mol. The average Bonchev–Trinajstić information content (AvgIpc) is 3.32. The zero-order valence-corrected chi connectivity index (χ0v) is 16.3. The number of benzene rings is 1. The molecule has 1 aliphatic rings. The van der Waals surface area contributed by atoms with Crippen LogP contribution in [0.4, 0.5) is 11.6 Å². The molecule has 0 radical (unpaired) electrons. The third-order valence-corrected chi connectivity index (χ3v) is 5.84. The molecule has 3 heterocycles. The highest BCUT2D eigenvalue weighted by Gasteiger charge is 2.25. The Morgan fingerprint density at radius 1 is 1.14 bits per heavy atom. The Hall–Kier alpha value is -3.07. The van der Waals surface area contributed by atoms with E-state index in [9.17, 15) is 4.79 Å². The van der Waals surface area contributed by atoms with Crippen LogP contribution in [-0.2, 0) is 0 Å². The molecule has 28 heavy (non-hydrogen) atoms. The summed E-state index contributed by atoms with van der Waals surface area (Å²) in [7, 11) is 0. The summed E-state index contributed by atoms with van der Waals surface area (Å²) in [6.45, 7) is 3.97. The lowest BCUT2D eigenvalue weighted by Crippen LogP contribution is -2.02. The van der Waals surface area contributed by atoms with Crippen molar-refractivity contribution in [2.45, 2.75) is 42.7 Å². The molecular formula is C19H19N7OS. The summed E-state index contributed by atoms with van der Waals surface area (Å²) in [4.78, 5) is 21.9. The van der Waals surface area contributed by atoms with E-state index in [-0.39, 0.29) is 5.56 Å². The third kappa shape index (κ3) is 3.18. The molecule has 1 saturated carbocycles. The second-order valence-electron chi connectivity index (χ2n) is 7.06. The van der Waals surface area contributed by atoms with Crippen LogP contribution in [0, 0.1) is 13.8 Å². The Kier molecular flexibility index (Phi) is 3.97. The van der Waals surface area contributed by atoms with E-state index in [0.717, 1.165) is 33.3 Å². The molecule has 0 unspecified atom stereocenters. The Morgan fingerprint density at radius 2 is 2.00 bits per heavy atom. The van der Waals surface area contributed by atoms with E-state index < -0.39 is 0 Å². The van der Waals surface area contributed by atoms with E-state index in [1.165, 1.54) is 30.3 Å². The van der Waals surface area contributed by atoms with Crippen LogP contribution >= 0.6 is 11.8 Å². The van der Waals surface area contributed by atoms with E-state index in [0.29, 0.717) is 16.5 Å². The van der Waals surface area contributed by atoms with Gasteiger partial charge in [0, 0.05) is 33.8 Å². The number of aromatic amines is 3. The van der Waals surface area contributed by atoms with Crippen molar-refractivity contribution in [2.75, 3.05) is 5.32 Å². The standard InChI is InChI=1S/C19H19N7OS/c1-9-10(2)20-19(28-12-5-6-13-15(7-12)24-26-18(13)27)22-17(9)21-16-8-14(23-25-16)11-3-4-11/h5-8,11H,3-4H2,1-2H3,(H2,24,26,27)(H2,20,21,22,23,25). The number of hydrogen-bond donors (Lipinski definition) is 4. The first-order valence-electron chi connectivity index (χ1n) is 9.12. The molecule has 4 aromatic rings. The first kappa shape index (κ1) is 17.1. The van der Waals surface area contributed by atoms with Crippen molar-refractivity contribution in [3.05, 3.63) is 51.6 Å². The number of aryl methyl sites for hydroxylation is 1. The summed E-state index contributed by atoms with van der Waals surface area (Å²) >= 11 is 1.45. The van der Waals surface area contributed by atoms with Gasteiger partial charge in [-0.15, -0.1) is 0 Å². The van der Waals surface area contributed by atoms with E-state index in [1.54, 1.807) is 6.07 Å². The minimum Gasteiger partial charge on any atom is -0.323 e. The van der Waals surface area contributed by atoms with Gasteiger partial charge < -0.3 is 5.32 Å². The fourth-order valence-corrected chi connectivity index (χ4v) is 3.92. The predicted molar refractivity (Wildman–Crippen MR) is 108 cm³/mol. The van der Waals surface area contributed by atoms with Crippen LogP contribution in [-0.4, -0.2) is 30.4 Å². The van der Waals surface area contributed by atoms with Crippen molar-refractivity contribution in [3.63, 3.8) is 0 Å². The highest BCUT2D eigenvalue weighted by atomic mass is 32.2. The van der Waals surface area contributed by atoms with Gasteiger partial charge >= 0.3 is 0 Å². The molecule has 0 aliphatic heterocycles. The molecule has 4 N–H and O–H groups in total. The molecule has 1 fully saturated rings. The summed E-state index contributed by atoms with van der Waals surface area (Å²) in [6.07, 6.45) is 2.45. The van der Waals surface area contributed by atoms with Crippen molar-refractivity contribution in [1.82, 2.24) is 30.4 Å². The number of hydrogen-bond acceptors (Lipinski definition) is 6. The van der Waals surface area contributed by atoms with E-state index in [1.807, 2.05) is 26.0 Å². The van der Waals surface area contributed by atoms with Crippen LogP contribution < -0.4 is 10.9 Å². The minimum absolute atomic E-state index is 0.120. The number of rotatable bonds is 5. The van der Waals surface area contributed by atoms with E-state index >= 15 is 0 Å². The zero-order valence-electron chi connectivity index (χ0n) is 15.5. The number of anilines is 2. The fourth-order valence-electron chi connectivity index (χ4n) is 3.08. The van der Waals surface area contributed by atoms with Crippen molar-refractivity contribution in [3.8, 4) is 0 Å². The first-order valence-corrected chi connectivity index (χ1v) is 9.94. The predicted octanol–water partition coefficient (Wildman–Crippen LogP) is 3.76. The first-order chi connectivity index (χ1) is 13.6. The van der Waals surface area contributed by atoms with Crippen molar-refractivity contribution >= 4 is 34.3 Å². The molecule has 1 aliphatic carbocycles. The molecule has 9 heteroatoms. The van der Waals surface area contributed by atoms with Gasteiger partial charge in [0.15, 0.2) is 11.0 Å².